The van der Waals surface area contributed by atoms with Crippen molar-refractivity contribution in [3.63, 3.8) is 0 Å². The highest BCUT2D eigenvalue weighted by Gasteiger charge is 2.11. The second kappa shape index (κ2) is 8.17. The van der Waals surface area contributed by atoms with E-state index in [1.54, 1.807) is 24.3 Å². The van der Waals surface area contributed by atoms with Crippen LogP contribution in [-0.2, 0) is 4.79 Å². The first-order valence-electron chi connectivity index (χ1n) is 7.59. The normalized spacial score (nSPS) is 11.0. The summed E-state index contributed by atoms with van der Waals surface area (Å²) in [5.41, 5.74) is 1.47. The van der Waals surface area contributed by atoms with Gasteiger partial charge in [0.15, 0.2) is 0 Å². The summed E-state index contributed by atoms with van der Waals surface area (Å²) in [6.07, 6.45) is 1.43. The fraction of sp³-hybridized carbons (Fsp3) is 0. The van der Waals surface area contributed by atoms with Crippen molar-refractivity contribution in [3.8, 4) is 17.4 Å². The van der Waals surface area contributed by atoms with E-state index < -0.39 is 5.91 Å². The molecular weight excluding hydrogens is 460 g/mol. The Labute approximate surface area is 167 Å². The van der Waals surface area contributed by atoms with Crippen LogP contribution in [0.5, 0.6) is 0 Å². The van der Waals surface area contributed by atoms with Crippen LogP contribution in [0, 0.1) is 11.3 Å². The fourth-order valence-corrected chi connectivity index (χ4v) is 2.91. The molecule has 0 saturated carbocycles. The molecule has 0 aliphatic rings. The van der Waals surface area contributed by atoms with Crippen molar-refractivity contribution in [2.45, 2.75) is 0 Å². The van der Waals surface area contributed by atoms with Gasteiger partial charge in [-0.1, -0.05) is 44.0 Å². The Morgan fingerprint density at radius 2 is 1.81 bits per heavy atom. The summed E-state index contributed by atoms with van der Waals surface area (Å²) >= 11 is 6.75. The number of furan rings is 1. The molecule has 0 saturated heterocycles. The molecule has 0 aliphatic carbocycles. The number of hydrogen-bond acceptors (Lipinski definition) is 3. The zero-order valence-corrected chi connectivity index (χ0v) is 16.5. The van der Waals surface area contributed by atoms with Crippen LogP contribution in [0.3, 0.4) is 0 Å². The minimum atomic E-state index is -0.491. The molecule has 0 bridgehead atoms. The van der Waals surface area contributed by atoms with Gasteiger partial charge in [0.25, 0.3) is 5.91 Å². The lowest BCUT2D eigenvalue weighted by Gasteiger charge is -2.03. The highest BCUT2D eigenvalue weighted by atomic mass is 79.9. The maximum Gasteiger partial charge on any atom is 0.266 e. The molecule has 1 N–H and O–H groups in total. The number of benzene rings is 2. The number of nitrogens with one attached hydrogen (secondary N) is 1. The molecule has 3 rings (SSSR count). The van der Waals surface area contributed by atoms with Crippen molar-refractivity contribution in [2.75, 3.05) is 5.32 Å². The first kappa shape index (κ1) is 18.2. The van der Waals surface area contributed by atoms with E-state index in [-0.39, 0.29) is 5.57 Å². The highest BCUT2D eigenvalue weighted by Crippen LogP contribution is 2.26. The average molecular weight is 472 g/mol. The molecule has 3 aromatic rings. The quantitative estimate of drug-likeness (QED) is 0.373. The summed E-state index contributed by atoms with van der Waals surface area (Å²) in [6, 6.07) is 20.2. The number of carbonyl (C=O) groups excluding carboxylic acids is 1. The van der Waals surface area contributed by atoms with Crippen LogP contribution >= 0.6 is 31.9 Å². The van der Waals surface area contributed by atoms with Crippen LogP contribution in [0.4, 0.5) is 5.69 Å². The van der Waals surface area contributed by atoms with Crippen LogP contribution in [0.25, 0.3) is 17.4 Å². The van der Waals surface area contributed by atoms with E-state index in [4.69, 9.17) is 4.42 Å². The zero-order valence-electron chi connectivity index (χ0n) is 13.4. The van der Waals surface area contributed by atoms with E-state index >= 15 is 0 Å². The number of rotatable bonds is 4. The Morgan fingerprint density at radius 3 is 2.50 bits per heavy atom. The second-order valence-corrected chi connectivity index (χ2v) is 7.17. The Balaban J connectivity index is 1.80. The summed E-state index contributed by atoms with van der Waals surface area (Å²) < 4.78 is 7.58. The minimum Gasteiger partial charge on any atom is -0.457 e. The Hall–Kier alpha value is -2.62. The van der Waals surface area contributed by atoms with Gasteiger partial charge in [-0.25, -0.2) is 0 Å². The molecular formula is C20H12Br2N2O2. The number of halogens is 2. The zero-order chi connectivity index (χ0) is 18.5. The van der Waals surface area contributed by atoms with Gasteiger partial charge >= 0.3 is 0 Å². The molecule has 1 heterocycles. The molecule has 0 radical (unpaired) electrons. The second-order valence-electron chi connectivity index (χ2n) is 5.34. The van der Waals surface area contributed by atoms with Gasteiger partial charge in [0.05, 0.1) is 0 Å². The number of amides is 1. The smallest absolute Gasteiger partial charge is 0.266 e. The number of nitriles is 1. The molecule has 1 amide bonds. The predicted molar refractivity (Wildman–Crippen MR) is 108 cm³/mol. The maximum absolute atomic E-state index is 12.3. The monoisotopic (exact) mass is 470 g/mol. The van der Waals surface area contributed by atoms with Gasteiger partial charge in [0, 0.05) is 26.3 Å². The summed E-state index contributed by atoms with van der Waals surface area (Å²) in [7, 11) is 0. The predicted octanol–water partition coefficient (Wildman–Crippen LogP) is 6.02. The van der Waals surface area contributed by atoms with Crippen molar-refractivity contribution < 1.29 is 9.21 Å². The van der Waals surface area contributed by atoms with Crippen molar-refractivity contribution in [1.29, 1.82) is 5.26 Å². The van der Waals surface area contributed by atoms with Gasteiger partial charge in [-0.15, -0.1) is 0 Å². The Bertz CT molecular complexity index is 1010. The van der Waals surface area contributed by atoms with Crippen molar-refractivity contribution in [2.24, 2.45) is 0 Å². The van der Waals surface area contributed by atoms with Gasteiger partial charge in [-0.05, 0) is 48.5 Å². The van der Waals surface area contributed by atoms with E-state index in [1.165, 1.54) is 6.08 Å². The van der Waals surface area contributed by atoms with Crippen LogP contribution in [0.2, 0.25) is 0 Å². The molecule has 0 fully saturated rings. The number of carbonyl (C=O) groups is 1. The average Bonchev–Trinajstić information content (AvgIpc) is 3.10. The van der Waals surface area contributed by atoms with Gasteiger partial charge in [0.2, 0.25) is 0 Å². The SMILES string of the molecule is N#C/C(=C/c1ccc(-c2cccc(Br)c2)o1)C(=O)Nc1ccc(Br)cc1. The molecule has 26 heavy (non-hydrogen) atoms. The van der Waals surface area contributed by atoms with Gasteiger partial charge < -0.3 is 9.73 Å². The van der Waals surface area contributed by atoms with Crippen LogP contribution in [0.1, 0.15) is 5.76 Å². The first-order chi connectivity index (χ1) is 12.5. The molecule has 0 unspecified atom stereocenters. The van der Waals surface area contributed by atoms with Crippen molar-refractivity contribution >= 4 is 49.5 Å². The van der Waals surface area contributed by atoms with Crippen LogP contribution in [0.15, 0.2) is 79.6 Å². The summed E-state index contributed by atoms with van der Waals surface area (Å²) in [5, 5.41) is 12.0. The van der Waals surface area contributed by atoms with E-state index in [2.05, 4.69) is 37.2 Å². The standard InChI is InChI=1S/C20H12Br2N2O2/c21-15-4-6-17(7-5-15)24-20(25)14(12-23)11-18-8-9-19(26-18)13-2-1-3-16(22)10-13/h1-11H,(H,24,25)/b14-11-. The topological polar surface area (TPSA) is 66.0 Å². The minimum absolute atomic E-state index is 0.0388. The summed E-state index contributed by atoms with van der Waals surface area (Å²) in [4.78, 5) is 12.3. The largest absolute Gasteiger partial charge is 0.457 e. The van der Waals surface area contributed by atoms with Crippen molar-refractivity contribution in [3.05, 3.63) is 80.9 Å². The lowest BCUT2D eigenvalue weighted by atomic mass is 10.2. The molecule has 0 aliphatic heterocycles. The molecule has 4 nitrogen and oxygen atoms in total. The van der Waals surface area contributed by atoms with Crippen LogP contribution in [-0.4, -0.2) is 5.91 Å². The summed E-state index contributed by atoms with van der Waals surface area (Å²) in [6.45, 7) is 0. The molecule has 6 heteroatoms. The van der Waals surface area contributed by atoms with Gasteiger partial charge in [-0.2, -0.15) is 5.26 Å². The van der Waals surface area contributed by atoms with Crippen LogP contribution < -0.4 is 5.32 Å². The molecule has 0 atom stereocenters. The Kier molecular flexibility index (Phi) is 5.71. The third-order valence-corrected chi connectivity index (χ3v) is 4.51. The highest BCUT2D eigenvalue weighted by molar-refractivity contribution is 9.10. The summed E-state index contributed by atoms with van der Waals surface area (Å²) in [5.74, 6) is 0.598. The van der Waals surface area contributed by atoms with E-state index in [9.17, 15) is 10.1 Å². The lowest BCUT2D eigenvalue weighted by Crippen LogP contribution is -2.13. The molecule has 1 aromatic heterocycles. The van der Waals surface area contributed by atoms with Gasteiger partial charge in [-0.3, -0.25) is 4.79 Å². The van der Waals surface area contributed by atoms with E-state index in [0.29, 0.717) is 17.2 Å². The number of hydrogen-bond donors (Lipinski definition) is 1. The Morgan fingerprint density at radius 1 is 1.04 bits per heavy atom. The van der Waals surface area contributed by atoms with Gasteiger partial charge in [0.1, 0.15) is 23.2 Å². The van der Waals surface area contributed by atoms with Crippen molar-refractivity contribution in [1.82, 2.24) is 0 Å². The third-order valence-electron chi connectivity index (χ3n) is 3.49. The number of anilines is 1. The maximum atomic E-state index is 12.3. The molecule has 2 aromatic carbocycles. The fourth-order valence-electron chi connectivity index (χ4n) is 2.25. The molecule has 128 valence electrons. The molecule has 0 spiro atoms. The third kappa shape index (κ3) is 4.51. The lowest BCUT2D eigenvalue weighted by molar-refractivity contribution is -0.112. The van der Waals surface area contributed by atoms with E-state index in [0.717, 1.165) is 14.5 Å². The number of nitrogens with zero attached hydrogens (tertiary/aromatic N) is 1. The first-order valence-corrected chi connectivity index (χ1v) is 9.18. The van der Waals surface area contributed by atoms with E-state index in [1.807, 2.05) is 42.5 Å².